The number of aliphatic hydroxyl groups excluding tert-OH is 17. The van der Waals surface area contributed by atoms with Crippen LogP contribution in [0, 0.1) is 0 Å². The van der Waals surface area contributed by atoms with Gasteiger partial charge in [0.25, 0.3) is 0 Å². The Kier molecular flexibility index (Phi) is 20.4. The van der Waals surface area contributed by atoms with Gasteiger partial charge in [-0.1, -0.05) is 6.92 Å². The van der Waals surface area contributed by atoms with Crippen molar-refractivity contribution < 1.29 is 161 Å². The molecule has 22 heterocycles. The second-order valence-electron chi connectivity index (χ2n) is 18.3. The lowest BCUT2D eigenvalue weighted by Crippen LogP contribution is -2.69. The van der Waals surface area contributed by atoms with Crippen molar-refractivity contribution in [2.24, 2.45) is 0 Å². The van der Waals surface area contributed by atoms with Crippen LogP contribution in [0.2, 0.25) is 0 Å². The smallest absolute Gasteiger partial charge is 0.327 e. The van der Waals surface area contributed by atoms with Crippen LogP contribution in [0.1, 0.15) is 13.3 Å². The lowest BCUT2D eigenvalue weighted by atomic mass is 9.94. The third-order valence-corrected chi connectivity index (χ3v) is 14.3. The Morgan fingerprint density at radius 1 is 0.365 bits per heavy atom. The fourth-order valence-electron chi connectivity index (χ4n) is 9.56. The second-order valence-corrected chi connectivity index (χ2v) is 19.7. The molecule has 22 rings (SSSR count). The monoisotopic (exact) mass is 1110 g/mol. The minimum atomic E-state index is -5.28. The summed E-state index contributed by atoms with van der Waals surface area (Å²) in [5, 5.41) is 186. The first-order chi connectivity index (χ1) is 35.1. The van der Waals surface area contributed by atoms with Gasteiger partial charge in [0.2, 0.25) is 5.09 Å². The zero-order valence-corrected chi connectivity index (χ0v) is 39.7. The van der Waals surface area contributed by atoms with Crippen molar-refractivity contribution in [3.05, 3.63) is 11.2 Å². The minimum absolute atomic E-state index is 0.127. The highest BCUT2D eigenvalue weighted by Gasteiger charge is 2.59. The van der Waals surface area contributed by atoms with Gasteiger partial charge in [-0.25, -0.2) is 0 Å². The molecular weight excluding hydrogens is 1040 g/mol. The summed E-state index contributed by atoms with van der Waals surface area (Å²) in [7, 11) is -5.28. The summed E-state index contributed by atoms with van der Waals surface area (Å²) < 4.78 is 109. The van der Waals surface area contributed by atoms with Crippen LogP contribution in [0.3, 0.4) is 0 Å². The van der Waals surface area contributed by atoms with Gasteiger partial charge in [0, 0.05) is 0 Å². The Morgan fingerprint density at radius 3 is 0.797 bits per heavy atom. The predicted molar refractivity (Wildman–Crippen MR) is 225 cm³/mol. The van der Waals surface area contributed by atoms with E-state index in [1.807, 2.05) is 0 Å². The molecule has 22 saturated heterocycles. The third kappa shape index (κ3) is 12.1. The van der Waals surface area contributed by atoms with E-state index in [1.165, 1.54) is 6.92 Å². The summed E-state index contributed by atoms with van der Waals surface area (Å²) >= 11 is 0. The van der Waals surface area contributed by atoms with Crippen LogP contribution >= 0.6 is 0 Å². The van der Waals surface area contributed by atoms with Crippen molar-refractivity contribution in [1.29, 1.82) is 0 Å². The van der Waals surface area contributed by atoms with Crippen LogP contribution in [0.4, 0.5) is 0 Å². The Hall–Kier alpha value is -1.71. The van der Waals surface area contributed by atoms with E-state index < -0.39 is 239 Å². The molecule has 34 heteroatoms. The number of hydrogen-bond donors (Lipinski definition) is 18. The van der Waals surface area contributed by atoms with Crippen LogP contribution in [-0.4, -0.2) is 324 Å². The van der Waals surface area contributed by atoms with E-state index in [0.717, 1.165) is 6.08 Å². The van der Waals surface area contributed by atoms with Crippen molar-refractivity contribution >= 4 is 10.1 Å². The van der Waals surface area contributed by atoms with Crippen molar-refractivity contribution in [2.45, 2.75) is 198 Å². The fraction of sp³-hybridized carbons (Fsp3) is 0.950. The number of rotatable bonds is 10. The van der Waals surface area contributed by atoms with E-state index in [4.69, 9.17) is 61.6 Å². The summed E-state index contributed by atoms with van der Waals surface area (Å²) in [6, 6.07) is 0. The maximum atomic E-state index is 12.5. The molecule has 74 heavy (non-hydrogen) atoms. The third-order valence-electron chi connectivity index (χ3n) is 13.5. The summed E-state index contributed by atoms with van der Waals surface area (Å²) in [6.45, 7) is -5.03. The molecule has 30 atom stereocenters. The van der Waals surface area contributed by atoms with Crippen LogP contribution in [0.5, 0.6) is 0 Å². The second kappa shape index (κ2) is 25.2. The molecule has 22 aliphatic rings. The zero-order chi connectivity index (χ0) is 54.2. The molecule has 0 aliphatic carbocycles. The van der Waals surface area contributed by atoms with E-state index >= 15 is 0 Å². The molecule has 18 N–H and O–H groups in total. The van der Waals surface area contributed by atoms with Crippen molar-refractivity contribution in [1.82, 2.24) is 0 Å². The largest absolute Gasteiger partial charge is 0.472 e. The maximum Gasteiger partial charge on any atom is 0.327 e. The summed E-state index contributed by atoms with van der Waals surface area (Å²) in [5.74, 6) is 0. The summed E-state index contributed by atoms with van der Waals surface area (Å²) in [5.41, 5.74) is 0. The molecule has 22 aliphatic heterocycles. The van der Waals surface area contributed by atoms with Gasteiger partial charge in [0.15, 0.2) is 43.8 Å². The van der Waals surface area contributed by atoms with Crippen LogP contribution in [-0.2, 0) is 71.7 Å². The minimum Gasteiger partial charge on any atom is -0.472 e. The van der Waals surface area contributed by atoms with Gasteiger partial charge in [-0.05, 0) is 12.5 Å². The predicted octanol–water partition coefficient (Wildman–Crippen LogP) is -11.9. The van der Waals surface area contributed by atoms with Gasteiger partial charge in [0.1, 0.15) is 140 Å². The van der Waals surface area contributed by atoms with Gasteiger partial charge in [-0.3, -0.25) is 4.55 Å². The maximum absolute atomic E-state index is 12.5. The molecule has 430 valence electrons. The van der Waals surface area contributed by atoms with Crippen molar-refractivity contribution in [3.63, 3.8) is 0 Å². The van der Waals surface area contributed by atoms with Crippen molar-refractivity contribution in [2.75, 3.05) is 39.6 Å². The molecule has 0 aromatic heterocycles. The van der Waals surface area contributed by atoms with Gasteiger partial charge in [-0.2, -0.15) is 8.42 Å². The summed E-state index contributed by atoms with van der Waals surface area (Å²) in [4.78, 5) is 0. The fourth-order valence-corrected chi connectivity index (χ4v) is 10.2. The molecule has 0 amide bonds. The quantitative estimate of drug-likeness (QED) is 0.0713. The average Bonchev–Trinajstić information content (AvgIpc) is 3.37. The summed E-state index contributed by atoms with van der Waals surface area (Å²) in [6.07, 6.45) is -60.8. The Balaban J connectivity index is 1.25. The lowest BCUT2D eigenvalue weighted by molar-refractivity contribution is -0.404. The first-order valence-corrected chi connectivity index (χ1v) is 24.8. The standard InChI is InChI=1S/C40H66O33S/c1-2-3-16(74(58,59)60)67-34-27(57)40-66-15(9-46)33(34)73-39-26(56)21(51)31(13(7-44)65-39)71-37-24(54)19(49)29(11(5-42)63-37)69-35-22(52)17(47)28(10(4-41)61-35)68-36-23(53)18(48)30(12(6-43)62-36)70-38-25(55)20(50)32(72-40)14(8-45)64-38/h3,10-15,17-57H,2,4-9H2,1H3,(H,58,59,60)/b16-3-/t10-,11-,12-,13-,14-,15-,17-,18-,19-,20-,21-,22-,23-,24-,25-,26-,27-,28-,29-,30-,31-,32-,33+,34-,35-,36-,37-,38-,39-,40-/m1/s1. The molecule has 0 aromatic rings. The van der Waals surface area contributed by atoms with E-state index in [9.17, 15) is 99.8 Å². The first-order valence-electron chi connectivity index (χ1n) is 23.4. The molecular formula is C40H66O33S. The Labute approximate surface area is 419 Å². The SMILES string of the molecule is CC/C=C(/O[C@@H]1[C@@H](O)[C@H]2O[C@H]3[C@H](O)[C@@H](O)[C@@H](O[C@H]4[C@H](O)[C@@H](O)[C@@H](O[C@H]5[C@H](O)[C@@H](O)[C@@H](O[C@H]6[C@H](O)[C@@H](O)[C@@H](O[C@H]7[C@H](O)[C@@H](O)[C@@H](O[C@H]1[C@@H](CO)O2)O[C@@H]7CO)O[C@@H]6CO)O[C@@H]5CO)O[C@@H]4CO)O[C@@H]3CO)S(=O)(=O)O. The number of aliphatic hydroxyl groups is 17. The number of hydrogen-bond acceptors (Lipinski definition) is 32. The van der Waals surface area contributed by atoms with E-state index in [1.54, 1.807) is 0 Å². The Morgan fingerprint density at radius 2 is 0.581 bits per heavy atom. The first kappa shape index (κ1) is 59.9. The van der Waals surface area contributed by atoms with Gasteiger partial charge < -0.3 is 148 Å². The van der Waals surface area contributed by atoms with Crippen LogP contribution < -0.4 is 0 Å². The number of ether oxygens (including phenoxy) is 13. The van der Waals surface area contributed by atoms with E-state index in [0.29, 0.717) is 0 Å². The van der Waals surface area contributed by atoms with Crippen LogP contribution in [0.25, 0.3) is 0 Å². The molecule has 0 spiro atoms. The molecule has 12 bridgehead atoms. The molecule has 0 saturated carbocycles. The van der Waals surface area contributed by atoms with Crippen LogP contribution in [0.15, 0.2) is 11.2 Å². The highest BCUT2D eigenvalue weighted by molar-refractivity contribution is 7.89. The average molecular weight is 1110 g/mol. The topological polar surface area (TPSA) is 518 Å². The van der Waals surface area contributed by atoms with Gasteiger partial charge >= 0.3 is 10.1 Å². The Bertz CT molecular complexity index is 1910. The highest BCUT2D eigenvalue weighted by atomic mass is 32.2. The molecule has 0 aromatic carbocycles. The number of allylic oxidation sites excluding steroid dienone is 1. The van der Waals surface area contributed by atoms with Crippen molar-refractivity contribution in [3.8, 4) is 0 Å². The normalized spacial score (nSPS) is 51.1. The highest BCUT2D eigenvalue weighted by Crippen LogP contribution is 2.39. The molecule has 33 nitrogen and oxygen atoms in total. The van der Waals surface area contributed by atoms with Gasteiger partial charge in [-0.15, -0.1) is 0 Å². The lowest BCUT2D eigenvalue weighted by Gasteiger charge is -2.51. The molecule has 0 radical (unpaired) electrons. The molecule has 0 unspecified atom stereocenters. The van der Waals surface area contributed by atoms with E-state index in [-0.39, 0.29) is 6.42 Å². The van der Waals surface area contributed by atoms with Gasteiger partial charge in [0.05, 0.1) is 39.6 Å². The van der Waals surface area contributed by atoms with E-state index in [2.05, 4.69) is 0 Å². The zero-order valence-electron chi connectivity index (χ0n) is 38.9. The molecule has 22 fully saturated rings.